The van der Waals surface area contributed by atoms with Crippen LogP contribution in [-0.4, -0.2) is 81.1 Å². The number of fused-ring (bicyclic) bond motifs is 2. The third kappa shape index (κ3) is 4.32. The van der Waals surface area contributed by atoms with Crippen molar-refractivity contribution in [2.24, 2.45) is 11.8 Å². The number of likely N-dealkylation sites (tertiary alicyclic amines) is 1. The highest BCUT2D eigenvalue weighted by molar-refractivity contribution is 8.02. The predicted octanol–water partition coefficient (Wildman–Crippen LogP) is 2.93. The average molecular weight is 491 g/mol. The zero-order valence-corrected chi connectivity index (χ0v) is 21.2. The van der Waals surface area contributed by atoms with Crippen LogP contribution in [0.2, 0.25) is 0 Å². The van der Waals surface area contributed by atoms with Crippen LogP contribution >= 0.6 is 11.8 Å². The Bertz CT molecular complexity index is 860. The molecule has 1 N–H and O–H groups in total. The molecule has 0 saturated carbocycles. The van der Waals surface area contributed by atoms with Gasteiger partial charge >= 0.3 is 5.97 Å². The second-order valence-corrected chi connectivity index (χ2v) is 11.9. The number of aliphatic hydroxyl groups excluding tert-OH is 1. The number of rotatable bonds is 9. The van der Waals surface area contributed by atoms with Gasteiger partial charge in [0, 0.05) is 31.0 Å². The van der Waals surface area contributed by atoms with Crippen LogP contribution in [0.25, 0.3) is 0 Å². The lowest BCUT2D eigenvalue weighted by Crippen LogP contribution is -2.53. The van der Waals surface area contributed by atoms with Crippen LogP contribution in [0.5, 0.6) is 0 Å². The molecule has 4 rings (SSSR count). The minimum Gasteiger partial charge on any atom is -0.465 e. The molecule has 4 heterocycles. The van der Waals surface area contributed by atoms with Crippen molar-refractivity contribution in [1.29, 1.82) is 0 Å². The number of ether oxygens (including phenoxy) is 1. The lowest BCUT2D eigenvalue weighted by atomic mass is 9.74. The molecule has 1 spiro atoms. The Morgan fingerprint density at radius 3 is 2.59 bits per heavy atom. The monoisotopic (exact) mass is 490 g/mol. The van der Waals surface area contributed by atoms with Gasteiger partial charge in [0.2, 0.25) is 11.8 Å². The maximum absolute atomic E-state index is 14.0. The van der Waals surface area contributed by atoms with E-state index in [0.29, 0.717) is 39.1 Å². The number of carbonyl (C=O) groups excluding carboxylic acids is 3. The van der Waals surface area contributed by atoms with Crippen LogP contribution in [0.1, 0.15) is 58.8 Å². The van der Waals surface area contributed by atoms with Crippen molar-refractivity contribution in [3.8, 4) is 0 Å². The molecule has 0 radical (unpaired) electrons. The lowest BCUT2D eigenvalue weighted by molar-refractivity contribution is -0.154. The van der Waals surface area contributed by atoms with Crippen LogP contribution in [0.3, 0.4) is 0 Å². The van der Waals surface area contributed by atoms with Gasteiger partial charge in [0.1, 0.15) is 6.04 Å². The Morgan fingerprint density at radius 1 is 1.03 bits per heavy atom. The Kier molecular flexibility index (Phi) is 7.77. The number of nitrogens with zero attached hydrogens (tertiary/aromatic N) is 2. The highest BCUT2D eigenvalue weighted by Crippen LogP contribution is 2.65. The van der Waals surface area contributed by atoms with Gasteiger partial charge in [-0.15, -0.1) is 11.8 Å². The van der Waals surface area contributed by atoms with Gasteiger partial charge in [0.25, 0.3) is 0 Å². The normalized spacial score (nSPS) is 34.9. The van der Waals surface area contributed by atoms with E-state index in [-0.39, 0.29) is 24.4 Å². The summed E-state index contributed by atoms with van der Waals surface area (Å²) in [4.78, 5) is 44.9. The highest BCUT2D eigenvalue weighted by Gasteiger charge is 2.73. The van der Waals surface area contributed by atoms with E-state index in [0.717, 1.165) is 32.1 Å². The van der Waals surface area contributed by atoms with Gasteiger partial charge in [0.05, 0.1) is 23.2 Å². The average Bonchev–Trinajstić information content (AvgIpc) is 3.12. The van der Waals surface area contributed by atoms with E-state index in [2.05, 4.69) is 19.1 Å². The summed E-state index contributed by atoms with van der Waals surface area (Å²) in [5.41, 5.74) is 0. The first kappa shape index (κ1) is 25.3. The SMILES string of the molecule is CCCCCN1CC=C[C@]23S[C@@]4(C)C=CCCOC(=O)[C@H]4[C@H]2C(=O)N(CCCCCO)C3C1=O. The highest BCUT2D eigenvalue weighted by atomic mass is 32.2. The first-order valence-electron chi connectivity index (χ1n) is 12.8. The fraction of sp³-hybridized carbons (Fsp3) is 0.731. The summed E-state index contributed by atoms with van der Waals surface area (Å²) in [7, 11) is 0. The van der Waals surface area contributed by atoms with E-state index < -0.39 is 27.4 Å². The molecule has 7 nitrogen and oxygen atoms in total. The Morgan fingerprint density at radius 2 is 1.82 bits per heavy atom. The van der Waals surface area contributed by atoms with E-state index in [1.54, 1.807) is 16.7 Å². The predicted molar refractivity (Wildman–Crippen MR) is 132 cm³/mol. The van der Waals surface area contributed by atoms with Crippen molar-refractivity contribution >= 4 is 29.5 Å². The number of unbranched alkanes of at least 4 members (excludes halogenated alkanes) is 4. The van der Waals surface area contributed by atoms with E-state index in [1.807, 2.05) is 24.0 Å². The summed E-state index contributed by atoms with van der Waals surface area (Å²) in [5.74, 6) is -1.72. The second kappa shape index (κ2) is 10.4. The molecule has 5 atom stereocenters. The quantitative estimate of drug-likeness (QED) is 0.304. The number of cyclic esters (lactones) is 1. The molecule has 4 aliphatic rings. The molecule has 0 aromatic heterocycles. The molecule has 2 fully saturated rings. The molecule has 4 aliphatic heterocycles. The third-order valence-electron chi connectivity index (χ3n) is 7.69. The smallest absolute Gasteiger partial charge is 0.311 e. The van der Waals surface area contributed by atoms with E-state index in [4.69, 9.17) is 9.84 Å². The van der Waals surface area contributed by atoms with Gasteiger partial charge in [-0.05, 0) is 39.0 Å². The number of thioether (sulfide) groups is 1. The number of hydrogen-bond donors (Lipinski definition) is 1. The lowest BCUT2D eigenvalue weighted by Gasteiger charge is -2.37. The fourth-order valence-electron chi connectivity index (χ4n) is 6.10. The standard InChI is InChI=1S/C26H38N2O5S/c1-3-4-7-14-27-15-11-13-26-19(20-24(32)33-18-10-6-12-25(20,2)34-26)22(30)28(21(26)23(27)31)16-8-5-9-17-29/h6,11-13,19-21,29H,3-5,7-10,14-18H2,1-2H3/t19-,20+,21?,25-,26-/m0/s1. The molecular formula is C26H38N2O5S. The number of esters is 1. The topological polar surface area (TPSA) is 87.2 Å². The van der Waals surface area contributed by atoms with Crippen molar-refractivity contribution in [3.63, 3.8) is 0 Å². The fourth-order valence-corrected chi connectivity index (χ4v) is 8.25. The zero-order chi connectivity index (χ0) is 24.3. The Labute approximate surface area is 206 Å². The maximum Gasteiger partial charge on any atom is 0.311 e. The summed E-state index contributed by atoms with van der Waals surface area (Å²) in [6, 6.07) is -0.629. The van der Waals surface area contributed by atoms with Crippen molar-refractivity contribution in [3.05, 3.63) is 24.3 Å². The van der Waals surface area contributed by atoms with Gasteiger partial charge in [-0.1, -0.05) is 44.1 Å². The first-order valence-corrected chi connectivity index (χ1v) is 13.6. The first-order chi connectivity index (χ1) is 16.4. The molecular weight excluding hydrogens is 452 g/mol. The Balaban J connectivity index is 1.73. The molecule has 2 amide bonds. The van der Waals surface area contributed by atoms with Gasteiger partial charge < -0.3 is 19.6 Å². The van der Waals surface area contributed by atoms with Crippen molar-refractivity contribution in [1.82, 2.24) is 9.80 Å². The molecule has 2 saturated heterocycles. The molecule has 34 heavy (non-hydrogen) atoms. The van der Waals surface area contributed by atoms with Crippen molar-refractivity contribution in [2.45, 2.75) is 74.3 Å². The van der Waals surface area contributed by atoms with Gasteiger partial charge in [0.15, 0.2) is 0 Å². The minimum atomic E-state index is -0.794. The second-order valence-electron chi connectivity index (χ2n) is 10.1. The number of aliphatic hydroxyl groups is 1. The third-order valence-corrected chi connectivity index (χ3v) is 9.49. The summed E-state index contributed by atoms with van der Waals surface area (Å²) >= 11 is 1.60. The summed E-state index contributed by atoms with van der Waals surface area (Å²) in [6.45, 7) is 6.24. The summed E-state index contributed by atoms with van der Waals surface area (Å²) in [5, 5.41) is 9.17. The van der Waals surface area contributed by atoms with E-state index in [9.17, 15) is 14.4 Å². The molecule has 1 unspecified atom stereocenters. The van der Waals surface area contributed by atoms with Crippen LogP contribution < -0.4 is 0 Å². The van der Waals surface area contributed by atoms with Crippen molar-refractivity contribution < 1.29 is 24.2 Å². The van der Waals surface area contributed by atoms with Crippen LogP contribution in [-0.2, 0) is 19.1 Å². The minimum absolute atomic E-state index is 0.0122. The number of amides is 2. The van der Waals surface area contributed by atoms with Crippen LogP contribution in [0.4, 0.5) is 0 Å². The largest absolute Gasteiger partial charge is 0.465 e. The van der Waals surface area contributed by atoms with Crippen molar-refractivity contribution in [2.75, 3.05) is 32.8 Å². The molecule has 0 aromatic rings. The Hall–Kier alpha value is -1.80. The van der Waals surface area contributed by atoms with E-state index >= 15 is 0 Å². The molecule has 0 bridgehead atoms. The van der Waals surface area contributed by atoms with Crippen LogP contribution in [0, 0.1) is 11.8 Å². The van der Waals surface area contributed by atoms with E-state index in [1.165, 1.54) is 0 Å². The maximum atomic E-state index is 14.0. The molecule has 0 aromatic carbocycles. The van der Waals surface area contributed by atoms with Gasteiger partial charge in [-0.25, -0.2) is 0 Å². The van der Waals surface area contributed by atoms with Crippen LogP contribution in [0.15, 0.2) is 24.3 Å². The molecule has 0 aliphatic carbocycles. The molecule has 188 valence electrons. The molecule has 8 heteroatoms. The summed E-state index contributed by atoms with van der Waals surface area (Å²) in [6.07, 6.45) is 14.1. The van der Waals surface area contributed by atoms with Gasteiger partial charge in [-0.2, -0.15) is 0 Å². The van der Waals surface area contributed by atoms with Gasteiger partial charge in [-0.3, -0.25) is 14.4 Å². The summed E-state index contributed by atoms with van der Waals surface area (Å²) < 4.78 is 4.16. The number of hydrogen-bond acceptors (Lipinski definition) is 6. The zero-order valence-electron chi connectivity index (χ0n) is 20.4. The number of carbonyl (C=O) groups is 3.